The zero-order valence-electron chi connectivity index (χ0n) is 7.61. The first-order valence-electron chi connectivity index (χ1n) is 4.77. The zero-order valence-corrected chi connectivity index (χ0v) is 7.61. The van der Waals surface area contributed by atoms with Gasteiger partial charge in [-0.25, -0.2) is 0 Å². The molecule has 13 heavy (non-hydrogen) atoms. The summed E-state index contributed by atoms with van der Waals surface area (Å²) in [4.78, 5) is 0. The van der Waals surface area contributed by atoms with Gasteiger partial charge >= 0.3 is 0 Å². The van der Waals surface area contributed by atoms with E-state index in [-0.39, 0.29) is 12.6 Å². The lowest BCUT2D eigenvalue weighted by Crippen LogP contribution is -2.14. The van der Waals surface area contributed by atoms with Crippen LogP contribution in [0.3, 0.4) is 0 Å². The van der Waals surface area contributed by atoms with Crippen LogP contribution in [0.5, 0.6) is 0 Å². The molecule has 0 bridgehead atoms. The van der Waals surface area contributed by atoms with Crippen molar-refractivity contribution in [3.63, 3.8) is 0 Å². The highest BCUT2D eigenvalue weighted by Gasteiger charge is 2.30. The van der Waals surface area contributed by atoms with E-state index in [4.69, 9.17) is 10.8 Å². The van der Waals surface area contributed by atoms with Crippen LogP contribution in [0.2, 0.25) is 0 Å². The van der Waals surface area contributed by atoms with E-state index in [0.717, 1.165) is 11.1 Å². The van der Waals surface area contributed by atoms with E-state index in [2.05, 4.69) is 0 Å². The van der Waals surface area contributed by atoms with Gasteiger partial charge in [0.25, 0.3) is 0 Å². The van der Waals surface area contributed by atoms with Gasteiger partial charge in [-0.3, -0.25) is 0 Å². The second-order valence-corrected chi connectivity index (χ2v) is 3.72. The fraction of sp³-hybridized carbons (Fsp3) is 0.455. The van der Waals surface area contributed by atoms with Crippen LogP contribution in [0.25, 0.3) is 0 Å². The van der Waals surface area contributed by atoms with Crippen molar-refractivity contribution in [2.24, 2.45) is 11.7 Å². The van der Waals surface area contributed by atoms with Gasteiger partial charge < -0.3 is 10.8 Å². The Labute approximate surface area is 78.4 Å². The van der Waals surface area contributed by atoms with Crippen molar-refractivity contribution < 1.29 is 5.11 Å². The molecular weight excluding hydrogens is 162 g/mol. The maximum Gasteiger partial charge on any atom is 0.0685 e. The molecule has 3 N–H and O–H groups in total. The summed E-state index contributed by atoms with van der Waals surface area (Å²) in [7, 11) is 0. The SMILES string of the molecule is N[C@@H](c1ccccc1CO)C1CC1. The minimum Gasteiger partial charge on any atom is -0.392 e. The van der Waals surface area contributed by atoms with Crippen LogP contribution in [0.15, 0.2) is 24.3 Å². The van der Waals surface area contributed by atoms with Crippen LogP contribution in [0.1, 0.15) is 30.0 Å². The highest BCUT2D eigenvalue weighted by molar-refractivity contribution is 5.30. The Kier molecular flexibility index (Phi) is 2.34. The number of benzene rings is 1. The molecule has 2 rings (SSSR count). The Morgan fingerprint density at radius 1 is 1.38 bits per heavy atom. The minimum absolute atomic E-state index is 0.0938. The Bertz CT molecular complexity index is 294. The third kappa shape index (κ3) is 1.74. The number of aliphatic hydroxyl groups is 1. The average molecular weight is 177 g/mol. The normalized spacial score (nSPS) is 18.6. The van der Waals surface area contributed by atoms with Crippen LogP contribution in [0, 0.1) is 5.92 Å². The van der Waals surface area contributed by atoms with Gasteiger partial charge in [-0.05, 0) is 29.9 Å². The maximum atomic E-state index is 9.11. The van der Waals surface area contributed by atoms with Gasteiger partial charge in [0.15, 0.2) is 0 Å². The monoisotopic (exact) mass is 177 g/mol. The topological polar surface area (TPSA) is 46.2 Å². The molecule has 0 unspecified atom stereocenters. The number of aliphatic hydroxyl groups excluding tert-OH is 1. The summed E-state index contributed by atoms with van der Waals surface area (Å²) in [5.74, 6) is 0.646. The first kappa shape index (κ1) is 8.73. The van der Waals surface area contributed by atoms with E-state index in [1.54, 1.807) is 0 Å². The third-order valence-corrected chi connectivity index (χ3v) is 2.71. The summed E-state index contributed by atoms with van der Waals surface area (Å²) in [5.41, 5.74) is 8.16. The van der Waals surface area contributed by atoms with E-state index in [9.17, 15) is 0 Å². The minimum atomic E-state index is 0.0938. The molecule has 0 radical (unpaired) electrons. The van der Waals surface area contributed by atoms with Crippen LogP contribution < -0.4 is 5.73 Å². The quantitative estimate of drug-likeness (QED) is 0.736. The summed E-state index contributed by atoms with van der Waals surface area (Å²) in [6.07, 6.45) is 2.47. The predicted molar refractivity (Wildman–Crippen MR) is 52.0 cm³/mol. The van der Waals surface area contributed by atoms with Gasteiger partial charge in [0.2, 0.25) is 0 Å². The summed E-state index contributed by atoms with van der Waals surface area (Å²) >= 11 is 0. The molecule has 0 heterocycles. The molecule has 1 atom stereocenters. The van der Waals surface area contributed by atoms with E-state index >= 15 is 0 Å². The lowest BCUT2D eigenvalue weighted by molar-refractivity contribution is 0.279. The lowest BCUT2D eigenvalue weighted by Gasteiger charge is -2.14. The predicted octanol–water partition coefficient (Wildman–Crippen LogP) is 1.59. The van der Waals surface area contributed by atoms with E-state index < -0.39 is 0 Å². The van der Waals surface area contributed by atoms with Crippen molar-refractivity contribution in [2.45, 2.75) is 25.5 Å². The summed E-state index contributed by atoms with van der Waals surface area (Å²) in [6, 6.07) is 8.01. The molecule has 0 aromatic heterocycles. The second-order valence-electron chi connectivity index (χ2n) is 3.72. The Morgan fingerprint density at radius 3 is 2.69 bits per heavy atom. The van der Waals surface area contributed by atoms with E-state index in [1.807, 2.05) is 24.3 Å². The smallest absolute Gasteiger partial charge is 0.0685 e. The molecule has 1 saturated carbocycles. The third-order valence-electron chi connectivity index (χ3n) is 2.71. The Balaban J connectivity index is 2.26. The Morgan fingerprint density at radius 2 is 2.08 bits per heavy atom. The van der Waals surface area contributed by atoms with E-state index in [1.165, 1.54) is 12.8 Å². The van der Waals surface area contributed by atoms with Crippen molar-refractivity contribution in [2.75, 3.05) is 0 Å². The summed E-state index contributed by atoms with van der Waals surface area (Å²) in [6.45, 7) is 0.0938. The van der Waals surface area contributed by atoms with Crippen molar-refractivity contribution in [3.8, 4) is 0 Å². The molecule has 0 spiro atoms. The van der Waals surface area contributed by atoms with E-state index in [0.29, 0.717) is 5.92 Å². The molecule has 0 saturated heterocycles. The lowest BCUT2D eigenvalue weighted by atomic mass is 9.98. The molecule has 1 aliphatic carbocycles. The molecule has 1 fully saturated rings. The first-order chi connectivity index (χ1) is 6.33. The molecule has 2 nitrogen and oxygen atoms in total. The largest absolute Gasteiger partial charge is 0.392 e. The summed E-state index contributed by atoms with van der Waals surface area (Å²) in [5, 5.41) is 9.11. The molecule has 1 aliphatic rings. The molecule has 0 amide bonds. The maximum absolute atomic E-state index is 9.11. The van der Waals surface area contributed by atoms with Gasteiger partial charge in [0.05, 0.1) is 6.61 Å². The molecular formula is C11H15NO. The van der Waals surface area contributed by atoms with Crippen molar-refractivity contribution in [3.05, 3.63) is 35.4 Å². The summed E-state index contributed by atoms with van der Waals surface area (Å²) < 4.78 is 0. The molecule has 70 valence electrons. The highest BCUT2D eigenvalue weighted by atomic mass is 16.3. The molecule has 1 aromatic carbocycles. The molecule has 2 heteroatoms. The second kappa shape index (κ2) is 3.48. The molecule has 1 aromatic rings. The van der Waals surface area contributed by atoms with Crippen LogP contribution >= 0.6 is 0 Å². The molecule has 0 aliphatic heterocycles. The highest BCUT2D eigenvalue weighted by Crippen LogP contribution is 2.40. The number of nitrogens with two attached hydrogens (primary N) is 1. The fourth-order valence-electron chi connectivity index (χ4n) is 1.71. The van der Waals surface area contributed by atoms with Crippen molar-refractivity contribution >= 4 is 0 Å². The van der Waals surface area contributed by atoms with Crippen molar-refractivity contribution in [1.82, 2.24) is 0 Å². The fourth-order valence-corrected chi connectivity index (χ4v) is 1.71. The van der Waals surface area contributed by atoms with Gasteiger partial charge in [-0.1, -0.05) is 24.3 Å². The van der Waals surface area contributed by atoms with Crippen molar-refractivity contribution in [1.29, 1.82) is 0 Å². The zero-order chi connectivity index (χ0) is 9.26. The number of hydrogen-bond acceptors (Lipinski definition) is 2. The average Bonchev–Trinajstić information content (AvgIpc) is 3.00. The number of rotatable bonds is 3. The van der Waals surface area contributed by atoms with Gasteiger partial charge in [0.1, 0.15) is 0 Å². The Hall–Kier alpha value is -0.860. The van der Waals surface area contributed by atoms with Crippen LogP contribution in [-0.4, -0.2) is 5.11 Å². The van der Waals surface area contributed by atoms with Crippen LogP contribution in [-0.2, 0) is 6.61 Å². The van der Waals surface area contributed by atoms with Crippen LogP contribution in [0.4, 0.5) is 0 Å². The standard InChI is InChI=1S/C11H15NO/c12-11(8-5-6-8)10-4-2-1-3-9(10)7-13/h1-4,8,11,13H,5-7,12H2/t11-/m1/s1. The number of hydrogen-bond donors (Lipinski definition) is 2. The van der Waals surface area contributed by atoms with Gasteiger partial charge in [0, 0.05) is 6.04 Å². The van der Waals surface area contributed by atoms with Gasteiger partial charge in [-0.15, -0.1) is 0 Å². The van der Waals surface area contributed by atoms with Gasteiger partial charge in [-0.2, -0.15) is 0 Å². The first-order valence-corrected chi connectivity index (χ1v) is 4.77.